The van der Waals surface area contributed by atoms with Crippen molar-refractivity contribution in [1.82, 2.24) is 9.21 Å². The van der Waals surface area contributed by atoms with Gasteiger partial charge in [0.1, 0.15) is 0 Å². The van der Waals surface area contributed by atoms with Crippen molar-refractivity contribution in [1.29, 1.82) is 0 Å². The Kier molecular flexibility index (Phi) is 6.84. The van der Waals surface area contributed by atoms with Gasteiger partial charge in [-0.15, -0.1) is 0 Å². The number of benzene rings is 2. The fourth-order valence-corrected chi connectivity index (χ4v) is 6.10. The highest BCUT2D eigenvalue weighted by Gasteiger charge is 2.35. The predicted molar refractivity (Wildman–Crippen MR) is 124 cm³/mol. The number of para-hydroxylation sites is 1. The maximum absolute atomic E-state index is 13.1. The average molecular weight is 462 g/mol. The molecule has 31 heavy (non-hydrogen) atoms. The number of hydrogen-bond donors (Lipinski definition) is 0. The normalized spacial score (nSPS) is 20.6. The SMILES string of the molecule is O=C([C@H]1CCCN(S(=O)(=O)Cc2ccc(Cl)cc2)C1)N1CCN(c2ccccc2)CC1. The highest BCUT2D eigenvalue weighted by atomic mass is 35.5. The van der Waals surface area contributed by atoms with E-state index in [0.29, 0.717) is 36.6 Å². The molecule has 2 aromatic carbocycles. The van der Waals surface area contributed by atoms with Crippen LogP contribution in [-0.4, -0.2) is 62.8 Å². The van der Waals surface area contributed by atoms with E-state index in [9.17, 15) is 13.2 Å². The number of anilines is 1. The Labute approximate surface area is 189 Å². The van der Waals surface area contributed by atoms with Crippen molar-refractivity contribution < 1.29 is 13.2 Å². The molecule has 8 heteroatoms. The van der Waals surface area contributed by atoms with Gasteiger partial charge < -0.3 is 9.80 Å². The summed E-state index contributed by atoms with van der Waals surface area (Å²) in [7, 11) is -3.48. The maximum Gasteiger partial charge on any atom is 0.227 e. The second-order valence-corrected chi connectivity index (χ2v) is 10.6. The van der Waals surface area contributed by atoms with Crippen LogP contribution in [0.2, 0.25) is 5.02 Å². The summed E-state index contributed by atoms with van der Waals surface area (Å²) in [5.74, 6) is -0.253. The summed E-state index contributed by atoms with van der Waals surface area (Å²) in [6.45, 7) is 3.67. The molecule has 0 saturated carbocycles. The van der Waals surface area contributed by atoms with Gasteiger partial charge >= 0.3 is 0 Å². The van der Waals surface area contributed by atoms with Crippen molar-refractivity contribution in [3.05, 3.63) is 65.2 Å². The molecular formula is C23H28ClN3O3S. The van der Waals surface area contributed by atoms with Crippen LogP contribution in [0.5, 0.6) is 0 Å². The highest BCUT2D eigenvalue weighted by molar-refractivity contribution is 7.88. The summed E-state index contributed by atoms with van der Waals surface area (Å²) in [5.41, 5.74) is 1.88. The lowest BCUT2D eigenvalue weighted by Crippen LogP contribution is -2.53. The Balaban J connectivity index is 1.35. The number of rotatable bonds is 5. The van der Waals surface area contributed by atoms with Gasteiger partial charge in [0.25, 0.3) is 0 Å². The first-order valence-electron chi connectivity index (χ1n) is 10.7. The number of sulfonamides is 1. The van der Waals surface area contributed by atoms with Crippen molar-refractivity contribution >= 4 is 33.2 Å². The van der Waals surface area contributed by atoms with Crippen molar-refractivity contribution in [2.45, 2.75) is 18.6 Å². The van der Waals surface area contributed by atoms with Crippen LogP contribution in [0, 0.1) is 5.92 Å². The van der Waals surface area contributed by atoms with E-state index >= 15 is 0 Å². The van der Waals surface area contributed by atoms with E-state index in [1.54, 1.807) is 24.3 Å². The number of hydrogen-bond acceptors (Lipinski definition) is 4. The minimum absolute atomic E-state index is 0.0686. The highest BCUT2D eigenvalue weighted by Crippen LogP contribution is 2.25. The molecule has 166 valence electrons. The molecule has 0 unspecified atom stereocenters. The second kappa shape index (κ2) is 9.59. The molecule has 2 aliphatic rings. The van der Waals surface area contributed by atoms with E-state index in [1.165, 1.54) is 9.99 Å². The van der Waals surface area contributed by atoms with Crippen LogP contribution >= 0.6 is 11.6 Å². The monoisotopic (exact) mass is 461 g/mol. The molecule has 2 heterocycles. The fraction of sp³-hybridized carbons (Fsp3) is 0.435. The predicted octanol–water partition coefficient (Wildman–Crippen LogP) is 3.23. The third-order valence-corrected chi connectivity index (χ3v) is 8.17. The number of carbonyl (C=O) groups is 1. The number of piperidine rings is 1. The topological polar surface area (TPSA) is 60.9 Å². The standard InChI is InChI=1S/C23H28ClN3O3S/c24-21-10-8-19(9-11-21)18-31(29,30)27-12-4-5-20(17-27)23(28)26-15-13-25(14-16-26)22-6-2-1-3-7-22/h1-3,6-11,20H,4-5,12-18H2/t20-/m0/s1. The smallest absolute Gasteiger partial charge is 0.227 e. The lowest BCUT2D eigenvalue weighted by atomic mass is 9.97. The Hall–Kier alpha value is -2.09. The lowest BCUT2D eigenvalue weighted by molar-refractivity contribution is -0.137. The minimum Gasteiger partial charge on any atom is -0.368 e. The van der Waals surface area contributed by atoms with Crippen molar-refractivity contribution in [3.63, 3.8) is 0 Å². The van der Waals surface area contributed by atoms with Gasteiger partial charge in [0.05, 0.1) is 11.7 Å². The molecule has 0 bridgehead atoms. The van der Waals surface area contributed by atoms with Gasteiger partial charge in [-0.2, -0.15) is 0 Å². The molecule has 0 spiro atoms. The van der Waals surface area contributed by atoms with E-state index in [1.807, 2.05) is 23.1 Å². The third-order valence-electron chi connectivity index (χ3n) is 6.10. The zero-order valence-electron chi connectivity index (χ0n) is 17.5. The number of piperazine rings is 1. The summed E-state index contributed by atoms with van der Waals surface area (Å²) >= 11 is 5.90. The summed E-state index contributed by atoms with van der Waals surface area (Å²) in [4.78, 5) is 17.3. The quantitative estimate of drug-likeness (QED) is 0.685. The van der Waals surface area contributed by atoms with Crippen LogP contribution in [0.4, 0.5) is 5.69 Å². The number of halogens is 1. The van der Waals surface area contributed by atoms with E-state index in [-0.39, 0.29) is 24.1 Å². The molecule has 0 aliphatic carbocycles. The molecule has 2 saturated heterocycles. The van der Waals surface area contributed by atoms with Gasteiger partial charge in [-0.3, -0.25) is 4.79 Å². The molecule has 2 aliphatic heterocycles. The van der Waals surface area contributed by atoms with Gasteiger partial charge in [0.15, 0.2) is 0 Å². The summed E-state index contributed by atoms with van der Waals surface area (Å²) in [6.07, 6.45) is 1.45. The van der Waals surface area contributed by atoms with Crippen LogP contribution < -0.4 is 4.90 Å². The zero-order chi connectivity index (χ0) is 21.8. The van der Waals surface area contributed by atoms with Crippen LogP contribution in [0.25, 0.3) is 0 Å². The average Bonchev–Trinajstić information content (AvgIpc) is 2.81. The molecular weight excluding hydrogens is 434 g/mol. The Morgan fingerprint density at radius 2 is 1.61 bits per heavy atom. The zero-order valence-corrected chi connectivity index (χ0v) is 19.1. The minimum atomic E-state index is -3.48. The van der Waals surface area contributed by atoms with Crippen molar-refractivity contribution in [2.75, 3.05) is 44.2 Å². The number of amides is 1. The maximum atomic E-state index is 13.1. The van der Waals surface area contributed by atoms with Gasteiger partial charge in [-0.05, 0) is 42.7 Å². The lowest BCUT2D eigenvalue weighted by Gasteiger charge is -2.39. The van der Waals surface area contributed by atoms with E-state index < -0.39 is 10.0 Å². The first-order valence-corrected chi connectivity index (χ1v) is 12.7. The van der Waals surface area contributed by atoms with Gasteiger partial charge in [-0.1, -0.05) is 41.9 Å². The Bertz CT molecular complexity index is 990. The molecule has 1 atom stereocenters. The largest absolute Gasteiger partial charge is 0.368 e. The van der Waals surface area contributed by atoms with Crippen molar-refractivity contribution in [3.8, 4) is 0 Å². The fourth-order valence-electron chi connectivity index (χ4n) is 4.36. The van der Waals surface area contributed by atoms with Crippen LogP contribution in [-0.2, 0) is 20.6 Å². The molecule has 2 fully saturated rings. The van der Waals surface area contributed by atoms with Crippen LogP contribution in [0.3, 0.4) is 0 Å². The summed E-state index contributed by atoms with van der Waals surface area (Å²) in [6, 6.07) is 17.1. The second-order valence-electron chi connectivity index (χ2n) is 8.23. The van der Waals surface area contributed by atoms with E-state index in [2.05, 4.69) is 17.0 Å². The molecule has 2 aromatic rings. The van der Waals surface area contributed by atoms with Gasteiger partial charge in [0.2, 0.25) is 15.9 Å². The third kappa shape index (κ3) is 5.40. The molecule has 1 amide bonds. The molecule has 0 aromatic heterocycles. The van der Waals surface area contributed by atoms with E-state index in [4.69, 9.17) is 11.6 Å². The Morgan fingerprint density at radius 1 is 0.935 bits per heavy atom. The van der Waals surface area contributed by atoms with Crippen LogP contribution in [0.1, 0.15) is 18.4 Å². The molecule has 0 N–H and O–H groups in total. The molecule has 4 rings (SSSR count). The van der Waals surface area contributed by atoms with Crippen LogP contribution in [0.15, 0.2) is 54.6 Å². The summed E-state index contributed by atoms with van der Waals surface area (Å²) < 4.78 is 27.4. The number of nitrogens with zero attached hydrogens (tertiary/aromatic N) is 3. The molecule has 6 nitrogen and oxygen atoms in total. The number of carbonyl (C=O) groups excluding carboxylic acids is 1. The first-order chi connectivity index (χ1) is 14.9. The van der Waals surface area contributed by atoms with Gasteiger partial charge in [-0.25, -0.2) is 12.7 Å². The van der Waals surface area contributed by atoms with E-state index in [0.717, 1.165) is 19.5 Å². The van der Waals surface area contributed by atoms with Crippen molar-refractivity contribution in [2.24, 2.45) is 5.92 Å². The summed E-state index contributed by atoms with van der Waals surface area (Å²) in [5, 5.41) is 0.581. The Morgan fingerprint density at radius 3 is 2.29 bits per heavy atom. The van der Waals surface area contributed by atoms with Gasteiger partial charge in [0, 0.05) is 50.0 Å². The molecule has 0 radical (unpaired) electrons. The first kappa shape index (κ1) is 22.1.